The predicted octanol–water partition coefficient (Wildman–Crippen LogP) is 4.39. The minimum absolute atomic E-state index is 0.0709. The fraction of sp³-hybridized carbons (Fsp3) is 0.217. The first-order valence-corrected chi connectivity index (χ1v) is 11.1. The lowest BCUT2D eigenvalue weighted by Gasteiger charge is -2.11. The summed E-state index contributed by atoms with van der Waals surface area (Å²) in [6.45, 7) is 1.93. The number of carbonyl (C=O) groups is 1. The minimum atomic E-state index is -3.58. The summed E-state index contributed by atoms with van der Waals surface area (Å²) in [5, 5.41) is 0. The molecule has 0 N–H and O–H groups in total. The van der Waals surface area contributed by atoms with Crippen LogP contribution in [0.3, 0.4) is 0 Å². The molecular formula is C23H23NO4S. The smallest absolute Gasteiger partial charge is 0.306 e. The SMILES string of the molecule is C[C@@H](CC(=O)Cc1ccc(-c2ccccc2)cc1)c1ccc(OS(C)(=O)=O)cn1. The van der Waals surface area contributed by atoms with Gasteiger partial charge in [-0.1, -0.05) is 61.5 Å². The fourth-order valence-electron chi connectivity index (χ4n) is 3.10. The van der Waals surface area contributed by atoms with Gasteiger partial charge in [0.15, 0.2) is 5.75 Å². The molecule has 2 aromatic carbocycles. The summed E-state index contributed by atoms with van der Waals surface area (Å²) in [5.74, 6) is 0.217. The predicted molar refractivity (Wildman–Crippen MR) is 113 cm³/mol. The van der Waals surface area contributed by atoms with Gasteiger partial charge in [-0.05, 0) is 28.8 Å². The lowest BCUT2D eigenvalue weighted by molar-refractivity contribution is -0.118. The van der Waals surface area contributed by atoms with Crippen molar-refractivity contribution in [3.8, 4) is 16.9 Å². The highest BCUT2D eigenvalue weighted by molar-refractivity contribution is 7.86. The van der Waals surface area contributed by atoms with E-state index in [4.69, 9.17) is 4.18 Å². The maximum atomic E-state index is 12.5. The van der Waals surface area contributed by atoms with E-state index in [2.05, 4.69) is 17.1 Å². The molecule has 0 saturated heterocycles. The molecule has 0 saturated carbocycles. The van der Waals surface area contributed by atoms with Crippen LogP contribution in [0.1, 0.15) is 30.5 Å². The Labute approximate surface area is 171 Å². The number of ketones is 1. The Morgan fingerprint density at radius 1 is 0.966 bits per heavy atom. The monoisotopic (exact) mass is 409 g/mol. The van der Waals surface area contributed by atoms with Crippen LogP contribution in [0, 0.1) is 0 Å². The van der Waals surface area contributed by atoms with Gasteiger partial charge in [0.25, 0.3) is 0 Å². The largest absolute Gasteiger partial charge is 0.381 e. The van der Waals surface area contributed by atoms with Gasteiger partial charge in [-0.3, -0.25) is 9.78 Å². The molecule has 29 heavy (non-hydrogen) atoms. The Balaban J connectivity index is 1.57. The van der Waals surface area contributed by atoms with Crippen LogP contribution in [0.2, 0.25) is 0 Å². The van der Waals surface area contributed by atoms with Crippen molar-refractivity contribution in [1.29, 1.82) is 0 Å². The second-order valence-electron chi connectivity index (χ2n) is 7.09. The third-order valence-corrected chi connectivity index (χ3v) is 5.00. The molecule has 0 bridgehead atoms. The zero-order valence-corrected chi connectivity index (χ0v) is 17.2. The summed E-state index contributed by atoms with van der Waals surface area (Å²) < 4.78 is 27.1. The zero-order valence-electron chi connectivity index (χ0n) is 16.4. The average molecular weight is 410 g/mol. The van der Waals surface area contributed by atoms with E-state index >= 15 is 0 Å². The van der Waals surface area contributed by atoms with Crippen molar-refractivity contribution in [1.82, 2.24) is 4.98 Å². The first kappa shape index (κ1) is 20.7. The van der Waals surface area contributed by atoms with Crippen LogP contribution in [0.25, 0.3) is 11.1 Å². The van der Waals surface area contributed by atoms with E-state index in [0.29, 0.717) is 12.8 Å². The number of hydrogen-bond acceptors (Lipinski definition) is 5. The van der Waals surface area contributed by atoms with Crippen molar-refractivity contribution < 1.29 is 17.4 Å². The van der Waals surface area contributed by atoms with Crippen LogP contribution >= 0.6 is 0 Å². The van der Waals surface area contributed by atoms with Crippen LogP contribution in [0.4, 0.5) is 0 Å². The van der Waals surface area contributed by atoms with E-state index in [1.807, 2.05) is 49.4 Å². The van der Waals surface area contributed by atoms with E-state index in [0.717, 1.165) is 28.6 Å². The third-order valence-electron chi connectivity index (χ3n) is 4.51. The number of Topliss-reactive ketones (excluding diaryl/α,β-unsaturated/α-hetero) is 1. The highest BCUT2D eigenvalue weighted by Crippen LogP contribution is 2.22. The summed E-state index contributed by atoms with van der Waals surface area (Å²) in [7, 11) is -3.58. The van der Waals surface area contributed by atoms with Crippen LogP contribution in [0.15, 0.2) is 72.9 Å². The first-order valence-electron chi connectivity index (χ1n) is 9.31. The summed E-state index contributed by atoms with van der Waals surface area (Å²) in [5.41, 5.74) is 3.97. The van der Waals surface area contributed by atoms with Gasteiger partial charge < -0.3 is 4.18 Å². The molecule has 1 atom stereocenters. The number of hydrogen-bond donors (Lipinski definition) is 0. The molecule has 0 unspecified atom stereocenters. The molecule has 3 aromatic rings. The fourth-order valence-corrected chi connectivity index (χ4v) is 3.55. The molecule has 1 heterocycles. The summed E-state index contributed by atoms with van der Waals surface area (Å²) in [4.78, 5) is 16.7. The number of nitrogens with zero attached hydrogens (tertiary/aromatic N) is 1. The molecule has 6 heteroatoms. The Morgan fingerprint density at radius 3 is 2.21 bits per heavy atom. The molecular weight excluding hydrogens is 386 g/mol. The molecule has 5 nitrogen and oxygen atoms in total. The van der Waals surface area contributed by atoms with Gasteiger partial charge >= 0.3 is 10.1 Å². The Hall–Kier alpha value is -2.99. The lowest BCUT2D eigenvalue weighted by Crippen LogP contribution is -2.09. The second-order valence-corrected chi connectivity index (χ2v) is 8.66. The van der Waals surface area contributed by atoms with Crippen molar-refractivity contribution in [2.45, 2.75) is 25.7 Å². The maximum Gasteiger partial charge on any atom is 0.306 e. The van der Waals surface area contributed by atoms with Gasteiger partial charge in [0, 0.05) is 24.5 Å². The van der Waals surface area contributed by atoms with Crippen LogP contribution in [0.5, 0.6) is 5.75 Å². The quantitative estimate of drug-likeness (QED) is 0.516. The standard InChI is InChI=1S/C23H23NO4S/c1-17(23-13-12-22(16-24-23)28-29(2,26)27)14-21(25)15-18-8-10-20(11-9-18)19-6-4-3-5-7-19/h3-13,16-17H,14-15H2,1-2H3/t17-/m0/s1. The molecule has 0 radical (unpaired) electrons. The highest BCUT2D eigenvalue weighted by Gasteiger charge is 2.14. The van der Waals surface area contributed by atoms with Crippen LogP contribution < -0.4 is 4.18 Å². The first-order chi connectivity index (χ1) is 13.8. The molecule has 0 amide bonds. The third kappa shape index (κ3) is 6.26. The Morgan fingerprint density at radius 2 is 1.62 bits per heavy atom. The van der Waals surface area contributed by atoms with Crippen molar-refractivity contribution in [2.24, 2.45) is 0 Å². The second kappa shape index (κ2) is 9.01. The normalized spacial score (nSPS) is 12.3. The van der Waals surface area contributed by atoms with Crippen LogP contribution in [-0.2, 0) is 21.3 Å². The Bertz CT molecular complexity index is 1060. The van der Waals surface area contributed by atoms with Crippen molar-refractivity contribution in [3.63, 3.8) is 0 Å². The Kier molecular flexibility index (Phi) is 6.44. The average Bonchev–Trinajstić information content (AvgIpc) is 2.68. The van der Waals surface area contributed by atoms with Crippen molar-refractivity contribution >= 4 is 15.9 Å². The molecule has 0 fully saturated rings. The molecule has 0 aliphatic carbocycles. The molecule has 0 aliphatic rings. The summed E-state index contributed by atoms with van der Waals surface area (Å²) in [6, 6.07) is 21.4. The number of rotatable bonds is 8. The number of carbonyl (C=O) groups excluding carboxylic acids is 1. The van der Waals surface area contributed by atoms with Crippen LogP contribution in [-0.4, -0.2) is 25.4 Å². The van der Waals surface area contributed by atoms with Crippen molar-refractivity contribution in [3.05, 3.63) is 84.2 Å². The highest BCUT2D eigenvalue weighted by atomic mass is 32.2. The number of pyridine rings is 1. The van der Waals surface area contributed by atoms with E-state index in [1.165, 1.54) is 6.20 Å². The maximum absolute atomic E-state index is 12.5. The lowest BCUT2D eigenvalue weighted by atomic mass is 9.96. The number of benzene rings is 2. The van der Waals surface area contributed by atoms with E-state index in [-0.39, 0.29) is 17.5 Å². The summed E-state index contributed by atoms with van der Waals surface area (Å²) in [6.07, 6.45) is 3.07. The van der Waals surface area contributed by atoms with Gasteiger partial charge in [0.05, 0.1) is 12.5 Å². The zero-order chi connectivity index (χ0) is 20.9. The number of aromatic nitrogens is 1. The van der Waals surface area contributed by atoms with Gasteiger partial charge in [0.1, 0.15) is 5.78 Å². The molecule has 0 spiro atoms. The minimum Gasteiger partial charge on any atom is -0.381 e. The molecule has 3 rings (SSSR count). The van der Waals surface area contributed by atoms with E-state index in [9.17, 15) is 13.2 Å². The van der Waals surface area contributed by atoms with Gasteiger partial charge in [-0.25, -0.2) is 0 Å². The topological polar surface area (TPSA) is 73.3 Å². The van der Waals surface area contributed by atoms with Gasteiger partial charge in [0.2, 0.25) is 0 Å². The molecule has 0 aliphatic heterocycles. The molecule has 1 aromatic heterocycles. The summed E-state index contributed by atoms with van der Waals surface area (Å²) >= 11 is 0. The van der Waals surface area contributed by atoms with E-state index < -0.39 is 10.1 Å². The van der Waals surface area contributed by atoms with Gasteiger partial charge in [-0.2, -0.15) is 8.42 Å². The molecule has 150 valence electrons. The van der Waals surface area contributed by atoms with E-state index in [1.54, 1.807) is 12.1 Å². The van der Waals surface area contributed by atoms with Gasteiger partial charge in [-0.15, -0.1) is 0 Å². The van der Waals surface area contributed by atoms with Crippen molar-refractivity contribution in [2.75, 3.05) is 6.26 Å².